The van der Waals surface area contributed by atoms with Crippen molar-refractivity contribution in [2.24, 2.45) is 0 Å². The number of alkyl halides is 2. The van der Waals surface area contributed by atoms with E-state index in [1.54, 1.807) is 48.5 Å². The number of aliphatic hydroxyl groups is 1. The molecule has 2 aromatic carbocycles. The molecule has 0 spiro atoms. The van der Waals surface area contributed by atoms with Gasteiger partial charge in [0, 0.05) is 11.3 Å². The summed E-state index contributed by atoms with van der Waals surface area (Å²) in [5, 5.41) is 15.0. The van der Waals surface area contributed by atoms with Gasteiger partial charge in [0.2, 0.25) is 6.43 Å². The van der Waals surface area contributed by atoms with Gasteiger partial charge in [0.1, 0.15) is 5.54 Å². The highest BCUT2D eigenvalue weighted by Gasteiger charge is 2.34. The number of aliphatic hydroxyl groups excluding tert-OH is 1. The molecule has 1 unspecified atom stereocenters. The molecular formula is C20H19F2N3O3S2. The van der Waals surface area contributed by atoms with Crippen LogP contribution in [0.4, 0.5) is 14.5 Å². The van der Waals surface area contributed by atoms with Crippen molar-refractivity contribution in [2.45, 2.75) is 23.2 Å². The summed E-state index contributed by atoms with van der Waals surface area (Å²) in [6.07, 6.45) is -2.42. The third-order valence-electron chi connectivity index (χ3n) is 4.20. The van der Waals surface area contributed by atoms with E-state index < -0.39 is 30.4 Å². The predicted octanol–water partition coefficient (Wildman–Crippen LogP) is 3.77. The summed E-state index contributed by atoms with van der Waals surface area (Å²) in [4.78, 5) is 29.4. The molecule has 1 atom stereocenters. The Balaban J connectivity index is 1.72. The molecular weight excluding hydrogens is 432 g/mol. The van der Waals surface area contributed by atoms with E-state index in [0.717, 1.165) is 16.5 Å². The van der Waals surface area contributed by atoms with Crippen LogP contribution in [-0.4, -0.2) is 46.2 Å². The molecule has 1 aromatic heterocycles. The van der Waals surface area contributed by atoms with Crippen LogP contribution < -0.4 is 10.6 Å². The fraction of sp³-hybridized carbons (Fsp3) is 0.250. The highest BCUT2D eigenvalue weighted by molar-refractivity contribution is 8.01. The molecule has 0 aliphatic rings. The topological polar surface area (TPSA) is 91.3 Å². The van der Waals surface area contributed by atoms with Gasteiger partial charge >= 0.3 is 0 Å². The summed E-state index contributed by atoms with van der Waals surface area (Å²) in [6, 6.07) is 13.3. The number of benzene rings is 2. The fourth-order valence-electron chi connectivity index (χ4n) is 2.53. The van der Waals surface area contributed by atoms with Gasteiger partial charge < -0.3 is 15.7 Å². The Morgan fingerprint density at radius 2 is 1.97 bits per heavy atom. The van der Waals surface area contributed by atoms with Crippen molar-refractivity contribution in [1.29, 1.82) is 0 Å². The molecule has 10 heteroatoms. The predicted molar refractivity (Wildman–Crippen MR) is 114 cm³/mol. The summed E-state index contributed by atoms with van der Waals surface area (Å²) < 4.78 is 26.0. The van der Waals surface area contributed by atoms with Gasteiger partial charge in [-0.15, -0.1) is 11.3 Å². The molecule has 3 rings (SSSR count). The van der Waals surface area contributed by atoms with Crippen molar-refractivity contribution >= 4 is 50.8 Å². The summed E-state index contributed by atoms with van der Waals surface area (Å²) >= 11 is 2.23. The minimum atomic E-state index is -2.42. The Bertz CT molecular complexity index is 1050. The number of thiazole rings is 1. The quantitative estimate of drug-likeness (QED) is 0.454. The number of aromatic nitrogens is 1. The van der Waals surface area contributed by atoms with Crippen molar-refractivity contribution in [3.8, 4) is 0 Å². The largest absolute Gasteiger partial charge is 0.393 e. The summed E-state index contributed by atoms with van der Waals surface area (Å²) in [5.74, 6) is -1.41. The van der Waals surface area contributed by atoms with Crippen molar-refractivity contribution in [3.63, 3.8) is 0 Å². The van der Waals surface area contributed by atoms with Crippen molar-refractivity contribution in [1.82, 2.24) is 10.3 Å². The first-order chi connectivity index (χ1) is 14.3. The summed E-state index contributed by atoms with van der Waals surface area (Å²) in [7, 11) is 0. The Labute approximate surface area is 179 Å². The number of amides is 2. The number of nitrogens with one attached hydrogen (secondary N) is 2. The van der Waals surface area contributed by atoms with Crippen LogP contribution >= 0.6 is 23.1 Å². The molecule has 30 heavy (non-hydrogen) atoms. The minimum absolute atomic E-state index is 0.334. The average Bonchev–Trinajstić information content (AvgIpc) is 3.15. The Hall–Kier alpha value is -2.56. The van der Waals surface area contributed by atoms with Crippen LogP contribution in [0.1, 0.15) is 17.3 Å². The minimum Gasteiger partial charge on any atom is -0.393 e. The third-order valence-corrected chi connectivity index (χ3v) is 6.38. The van der Waals surface area contributed by atoms with Gasteiger partial charge in [-0.25, -0.2) is 13.8 Å². The number of anilines is 1. The number of nitrogens with zero attached hydrogens (tertiary/aromatic N) is 1. The number of rotatable bonds is 8. The van der Waals surface area contributed by atoms with E-state index in [1.807, 2.05) is 0 Å². The lowest BCUT2D eigenvalue weighted by atomic mass is 10.0. The zero-order valence-electron chi connectivity index (χ0n) is 15.9. The fourth-order valence-corrected chi connectivity index (χ4v) is 4.40. The first-order valence-corrected chi connectivity index (χ1v) is 10.7. The lowest BCUT2D eigenvalue weighted by Gasteiger charge is -2.27. The van der Waals surface area contributed by atoms with Crippen LogP contribution in [0.3, 0.4) is 0 Å². The van der Waals surface area contributed by atoms with Crippen molar-refractivity contribution in [3.05, 3.63) is 54.1 Å². The number of hydrogen-bond acceptors (Lipinski definition) is 6. The molecule has 0 saturated carbocycles. The second-order valence-electron chi connectivity index (χ2n) is 6.63. The Morgan fingerprint density at radius 3 is 2.63 bits per heavy atom. The monoisotopic (exact) mass is 451 g/mol. The number of hydrogen-bond donors (Lipinski definition) is 3. The number of thioether (sulfide) groups is 1. The van der Waals surface area contributed by atoms with Crippen LogP contribution in [-0.2, 0) is 4.79 Å². The molecule has 6 nitrogen and oxygen atoms in total. The molecule has 3 N–H and O–H groups in total. The van der Waals surface area contributed by atoms with E-state index >= 15 is 0 Å². The molecule has 1 heterocycles. The first kappa shape index (κ1) is 22.1. The zero-order valence-corrected chi connectivity index (χ0v) is 17.5. The molecule has 2 amide bonds. The Morgan fingerprint density at radius 1 is 1.23 bits per heavy atom. The van der Waals surface area contributed by atoms with E-state index in [-0.39, 0.29) is 5.75 Å². The van der Waals surface area contributed by atoms with Crippen molar-refractivity contribution < 1.29 is 23.5 Å². The van der Waals surface area contributed by atoms with Crippen LogP contribution in [0.25, 0.3) is 10.2 Å². The van der Waals surface area contributed by atoms with Gasteiger partial charge in [-0.1, -0.05) is 30.0 Å². The maximum absolute atomic E-state index is 12.8. The number of halogens is 2. The zero-order chi connectivity index (χ0) is 21.7. The van der Waals surface area contributed by atoms with E-state index in [2.05, 4.69) is 15.6 Å². The summed E-state index contributed by atoms with van der Waals surface area (Å²) in [5.41, 5.74) is -0.106. The molecule has 0 bridgehead atoms. The van der Waals surface area contributed by atoms with Gasteiger partial charge in [-0.3, -0.25) is 9.59 Å². The molecule has 0 fully saturated rings. The van der Waals surface area contributed by atoms with Crippen LogP contribution in [0.2, 0.25) is 0 Å². The summed E-state index contributed by atoms with van der Waals surface area (Å²) in [6.45, 7) is 0.822. The normalized spacial score (nSPS) is 13.2. The molecule has 0 aliphatic carbocycles. The van der Waals surface area contributed by atoms with E-state index in [4.69, 9.17) is 0 Å². The Kier molecular flexibility index (Phi) is 7.01. The van der Waals surface area contributed by atoms with Gasteiger partial charge in [0.15, 0.2) is 4.34 Å². The molecule has 0 aliphatic heterocycles. The SMILES string of the molecule is CC(CO)(NC(=O)c1ccccc1)C(=O)Nc1ccc2nc(SCC(F)F)sc2c1. The molecule has 0 saturated heterocycles. The van der Waals surface area contributed by atoms with E-state index in [1.165, 1.54) is 18.3 Å². The maximum Gasteiger partial charge on any atom is 0.252 e. The first-order valence-electron chi connectivity index (χ1n) is 8.92. The van der Waals surface area contributed by atoms with E-state index in [9.17, 15) is 23.5 Å². The van der Waals surface area contributed by atoms with Crippen molar-refractivity contribution in [2.75, 3.05) is 17.7 Å². The van der Waals surface area contributed by atoms with Crippen LogP contribution in [0.5, 0.6) is 0 Å². The number of carbonyl (C=O) groups is 2. The third kappa shape index (κ3) is 5.32. The highest BCUT2D eigenvalue weighted by Crippen LogP contribution is 2.32. The van der Waals surface area contributed by atoms with Gasteiger partial charge in [0.25, 0.3) is 11.8 Å². The molecule has 0 radical (unpaired) electrons. The van der Waals surface area contributed by atoms with Gasteiger partial charge in [0.05, 0.1) is 22.6 Å². The van der Waals surface area contributed by atoms with Crippen LogP contribution in [0, 0.1) is 0 Å². The second kappa shape index (κ2) is 9.50. The standard InChI is InChI=1S/C20H19F2N3O3S2/c1-20(11-26,25-17(27)12-5-3-2-4-6-12)18(28)23-13-7-8-14-15(9-13)30-19(24-14)29-10-16(21)22/h2-9,16,26H,10-11H2,1H3,(H,23,28)(H,25,27). The average molecular weight is 452 g/mol. The molecule has 158 valence electrons. The lowest BCUT2D eigenvalue weighted by Crippen LogP contribution is -2.57. The highest BCUT2D eigenvalue weighted by atomic mass is 32.2. The maximum atomic E-state index is 12.8. The lowest BCUT2D eigenvalue weighted by molar-refractivity contribution is -0.122. The number of carbonyl (C=O) groups excluding carboxylic acids is 2. The van der Waals surface area contributed by atoms with Crippen LogP contribution in [0.15, 0.2) is 52.9 Å². The van der Waals surface area contributed by atoms with Gasteiger partial charge in [-0.2, -0.15) is 0 Å². The van der Waals surface area contributed by atoms with E-state index in [0.29, 0.717) is 21.1 Å². The smallest absolute Gasteiger partial charge is 0.252 e. The van der Waals surface area contributed by atoms with Gasteiger partial charge in [-0.05, 0) is 37.3 Å². The molecule has 3 aromatic rings. The number of fused-ring (bicyclic) bond motifs is 1. The second-order valence-corrected chi connectivity index (χ2v) is 8.93.